The molecule has 6 heteroatoms. The van der Waals surface area contributed by atoms with Gasteiger partial charge in [0.1, 0.15) is 17.2 Å². The summed E-state index contributed by atoms with van der Waals surface area (Å²) in [6.07, 6.45) is 0. The van der Waals surface area contributed by atoms with E-state index in [1.54, 1.807) is 18.7 Å². The fraction of sp³-hybridized carbons (Fsp3) is 0.286. The monoisotopic (exact) mass is 368 g/mol. The summed E-state index contributed by atoms with van der Waals surface area (Å²) in [6.45, 7) is 3.69. The molecule has 0 bridgehead atoms. The molecule has 0 spiro atoms. The standard InChI is InChI=1S/C21H24N2O4/c1-4-27-15-7-5-14(6-8-15)12-22-13-18-17-10-9-16(26-3)11-19(17)23(2)20(18)21(24)25/h5-11,22H,4,12-13H2,1-3H3,(H,24,25). The van der Waals surface area contributed by atoms with E-state index in [2.05, 4.69) is 5.32 Å². The molecule has 0 saturated heterocycles. The lowest BCUT2D eigenvalue weighted by Gasteiger charge is -2.08. The minimum Gasteiger partial charge on any atom is -0.497 e. The van der Waals surface area contributed by atoms with Crippen molar-refractivity contribution >= 4 is 16.9 Å². The minimum absolute atomic E-state index is 0.289. The maximum atomic E-state index is 11.8. The first-order chi connectivity index (χ1) is 13.0. The number of aryl methyl sites for hydroxylation is 1. The molecule has 0 aliphatic heterocycles. The van der Waals surface area contributed by atoms with Crippen molar-refractivity contribution in [3.8, 4) is 11.5 Å². The summed E-state index contributed by atoms with van der Waals surface area (Å²) >= 11 is 0. The molecule has 2 aromatic carbocycles. The Kier molecular flexibility index (Phi) is 5.66. The van der Waals surface area contributed by atoms with Crippen LogP contribution in [0.1, 0.15) is 28.5 Å². The highest BCUT2D eigenvalue weighted by Crippen LogP contribution is 2.29. The Morgan fingerprint density at radius 1 is 1.11 bits per heavy atom. The number of carbonyl (C=O) groups is 1. The Labute approximate surface area is 158 Å². The zero-order valence-corrected chi connectivity index (χ0v) is 15.8. The molecule has 0 radical (unpaired) electrons. The van der Waals surface area contributed by atoms with Gasteiger partial charge in [-0.2, -0.15) is 0 Å². The highest BCUT2D eigenvalue weighted by Gasteiger charge is 2.20. The predicted molar refractivity (Wildman–Crippen MR) is 105 cm³/mol. The Morgan fingerprint density at radius 3 is 2.44 bits per heavy atom. The van der Waals surface area contributed by atoms with Crippen molar-refractivity contribution in [2.24, 2.45) is 7.05 Å². The van der Waals surface area contributed by atoms with E-state index in [9.17, 15) is 9.90 Å². The van der Waals surface area contributed by atoms with Gasteiger partial charge < -0.3 is 24.5 Å². The number of aromatic nitrogens is 1. The molecule has 27 heavy (non-hydrogen) atoms. The molecule has 3 aromatic rings. The topological polar surface area (TPSA) is 72.7 Å². The summed E-state index contributed by atoms with van der Waals surface area (Å²) < 4.78 is 12.4. The number of rotatable bonds is 8. The number of methoxy groups -OCH3 is 1. The number of hydrogen-bond acceptors (Lipinski definition) is 4. The molecule has 3 rings (SSSR count). The second kappa shape index (κ2) is 8.14. The summed E-state index contributed by atoms with van der Waals surface area (Å²) in [5.41, 5.74) is 3.01. The van der Waals surface area contributed by atoms with E-state index in [-0.39, 0.29) is 5.69 Å². The Morgan fingerprint density at radius 2 is 1.81 bits per heavy atom. The van der Waals surface area contributed by atoms with Crippen LogP contribution in [0, 0.1) is 0 Å². The molecule has 0 atom stereocenters. The van der Waals surface area contributed by atoms with E-state index >= 15 is 0 Å². The molecule has 142 valence electrons. The van der Waals surface area contributed by atoms with Gasteiger partial charge in [-0.3, -0.25) is 0 Å². The number of nitrogens with zero attached hydrogens (tertiary/aromatic N) is 1. The number of aromatic carboxylic acids is 1. The average Bonchev–Trinajstić information content (AvgIpc) is 2.95. The van der Waals surface area contributed by atoms with Crippen LogP contribution in [0.2, 0.25) is 0 Å². The van der Waals surface area contributed by atoms with Crippen LogP contribution in [0.3, 0.4) is 0 Å². The van der Waals surface area contributed by atoms with Crippen LogP contribution >= 0.6 is 0 Å². The first-order valence-electron chi connectivity index (χ1n) is 8.86. The Hall–Kier alpha value is -2.99. The largest absolute Gasteiger partial charge is 0.497 e. The van der Waals surface area contributed by atoms with Crippen LogP contribution in [-0.4, -0.2) is 29.4 Å². The van der Waals surface area contributed by atoms with Crippen LogP contribution < -0.4 is 14.8 Å². The van der Waals surface area contributed by atoms with E-state index in [1.165, 1.54) is 0 Å². The fourth-order valence-electron chi connectivity index (χ4n) is 3.28. The van der Waals surface area contributed by atoms with Gasteiger partial charge in [0.15, 0.2) is 0 Å². The van der Waals surface area contributed by atoms with Gasteiger partial charge in [-0.25, -0.2) is 4.79 Å². The number of ether oxygens (including phenoxy) is 2. The summed E-state index contributed by atoms with van der Waals surface area (Å²) in [5, 5.41) is 13.9. The quantitative estimate of drug-likeness (QED) is 0.636. The van der Waals surface area contributed by atoms with Crippen molar-refractivity contribution in [2.75, 3.05) is 13.7 Å². The van der Waals surface area contributed by atoms with Gasteiger partial charge >= 0.3 is 5.97 Å². The minimum atomic E-state index is -0.939. The van der Waals surface area contributed by atoms with Gasteiger partial charge in [-0.1, -0.05) is 12.1 Å². The number of benzene rings is 2. The lowest BCUT2D eigenvalue weighted by atomic mass is 10.1. The Balaban J connectivity index is 1.81. The molecular formula is C21H24N2O4. The number of carboxylic acid groups (broad SMARTS) is 1. The molecule has 0 amide bonds. The van der Waals surface area contributed by atoms with Gasteiger partial charge in [0.2, 0.25) is 0 Å². The normalized spacial score (nSPS) is 10.9. The van der Waals surface area contributed by atoms with Crippen LogP contribution in [0.25, 0.3) is 10.9 Å². The number of hydrogen-bond donors (Lipinski definition) is 2. The third-order valence-corrected chi connectivity index (χ3v) is 4.58. The van der Waals surface area contributed by atoms with E-state index in [4.69, 9.17) is 9.47 Å². The molecular weight excluding hydrogens is 344 g/mol. The molecule has 0 saturated carbocycles. The Bertz CT molecular complexity index is 945. The van der Waals surface area contributed by atoms with Gasteiger partial charge in [-0.15, -0.1) is 0 Å². The predicted octanol–water partition coefficient (Wildman–Crippen LogP) is 3.57. The van der Waals surface area contributed by atoms with Crippen molar-refractivity contribution in [1.82, 2.24) is 9.88 Å². The molecule has 0 unspecified atom stereocenters. The smallest absolute Gasteiger partial charge is 0.352 e. The molecule has 1 heterocycles. The van der Waals surface area contributed by atoms with Crippen LogP contribution in [0.15, 0.2) is 42.5 Å². The second-order valence-electron chi connectivity index (χ2n) is 6.25. The summed E-state index contributed by atoms with van der Waals surface area (Å²) in [4.78, 5) is 11.8. The van der Waals surface area contributed by atoms with E-state index in [1.807, 2.05) is 49.4 Å². The molecule has 0 aliphatic rings. The van der Waals surface area contributed by atoms with E-state index in [0.717, 1.165) is 27.8 Å². The van der Waals surface area contributed by atoms with Gasteiger partial charge in [-0.05, 0) is 36.8 Å². The highest BCUT2D eigenvalue weighted by molar-refractivity contribution is 5.98. The molecule has 2 N–H and O–H groups in total. The molecule has 0 aliphatic carbocycles. The summed E-state index contributed by atoms with van der Waals surface area (Å²) in [7, 11) is 3.36. The van der Waals surface area contributed by atoms with Gasteiger partial charge in [0.25, 0.3) is 0 Å². The third kappa shape index (κ3) is 3.90. The first-order valence-corrected chi connectivity index (χ1v) is 8.86. The van der Waals surface area contributed by atoms with Crippen LogP contribution in [0.4, 0.5) is 0 Å². The zero-order chi connectivity index (χ0) is 19.4. The molecule has 6 nitrogen and oxygen atoms in total. The lowest BCUT2D eigenvalue weighted by Crippen LogP contribution is -2.16. The summed E-state index contributed by atoms with van der Waals surface area (Å²) in [5.74, 6) is 0.608. The number of carboxylic acids is 1. The first kappa shape index (κ1) is 18.8. The van der Waals surface area contributed by atoms with E-state index in [0.29, 0.717) is 25.4 Å². The summed E-state index contributed by atoms with van der Waals surface area (Å²) in [6, 6.07) is 13.5. The van der Waals surface area contributed by atoms with Gasteiger partial charge in [0, 0.05) is 37.2 Å². The van der Waals surface area contributed by atoms with Crippen molar-refractivity contribution in [3.63, 3.8) is 0 Å². The van der Waals surface area contributed by atoms with Crippen LogP contribution in [-0.2, 0) is 20.1 Å². The highest BCUT2D eigenvalue weighted by atomic mass is 16.5. The van der Waals surface area contributed by atoms with Crippen molar-refractivity contribution in [1.29, 1.82) is 0 Å². The second-order valence-corrected chi connectivity index (χ2v) is 6.25. The maximum absolute atomic E-state index is 11.8. The van der Waals surface area contributed by atoms with Crippen molar-refractivity contribution < 1.29 is 19.4 Å². The number of fused-ring (bicyclic) bond motifs is 1. The maximum Gasteiger partial charge on any atom is 0.352 e. The van der Waals surface area contributed by atoms with Crippen LogP contribution in [0.5, 0.6) is 11.5 Å². The lowest BCUT2D eigenvalue weighted by molar-refractivity contribution is 0.0685. The molecule has 1 aromatic heterocycles. The van der Waals surface area contributed by atoms with Crippen molar-refractivity contribution in [2.45, 2.75) is 20.0 Å². The third-order valence-electron chi connectivity index (χ3n) is 4.58. The molecule has 0 fully saturated rings. The van der Waals surface area contributed by atoms with E-state index < -0.39 is 5.97 Å². The number of nitrogens with one attached hydrogen (secondary N) is 1. The SMILES string of the molecule is CCOc1ccc(CNCc2c(C(=O)O)n(C)c3cc(OC)ccc23)cc1. The van der Waals surface area contributed by atoms with Gasteiger partial charge in [0.05, 0.1) is 19.2 Å². The van der Waals surface area contributed by atoms with Crippen molar-refractivity contribution in [3.05, 3.63) is 59.3 Å². The zero-order valence-electron chi connectivity index (χ0n) is 15.8. The average molecular weight is 368 g/mol. The fourth-order valence-corrected chi connectivity index (χ4v) is 3.28.